The number of thioether (sulfide) groups is 1. The van der Waals surface area contributed by atoms with E-state index in [0.717, 1.165) is 27.8 Å². The molecular weight excluding hydrogens is 222 g/mol. The first-order valence-corrected chi connectivity index (χ1v) is 5.93. The Labute approximate surface area is 96.4 Å². The van der Waals surface area contributed by atoms with Crippen molar-refractivity contribution in [2.24, 2.45) is 4.99 Å². The Morgan fingerprint density at radius 3 is 3.12 bits per heavy atom. The van der Waals surface area contributed by atoms with Gasteiger partial charge in [-0.3, -0.25) is 9.36 Å². The van der Waals surface area contributed by atoms with Crippen molar-refractivity contribution in [2.45, 2.75) is 12.7 Å². The van der Waals surface area contributed by atoms with Crippen LogP contribution >= 0.6 is 11.8 Å². The maximum Gasteiger partial charge on any atom is 0.244 e. The van der Waals surface area contributed by atoms with E-state index in [1.807, 2.05) is 28.8 Å². The number of fused-ring (bicyclic) bond motifs is 3. The van der Waals surface area contributed by atoms with Gasteiger partial charge in [-0.2, -0.15) is 4.99 Å². The molecule has 80 valence electrons. The van der Waals surface area contributed by atoms with Gasteiger partial charge in [0.15, 0.2) is 5.17 Å². The van der Waals surface area contributed by atoms with E-state index < -0.39 is 0 Å². The zero-order valence-electron chi connectivity index (χ0n) is 8.67. The third kappa shape index (κ3) is 1.36. The summed E-state index contributed by atoms with van der Waals surface area (Å²) in [6.45, 7) is 1.46. The molecule has 0 fully saturated rings. The second-order valence-electron chi connectivity index (χ2n) is 3.55. The highest BCUT2D eigenvalue weighted by atomic mass is 32.2. The molecule has 1 aromatic carbocycles. The minimum absolute atomic E-state index is 0.173. The normalized spacial score (nSPS) is 16.9. The Kier molecular flexibility index (Phi) is 2.07. The first kappa shape index (κ1) is 9.59. The highest BCUT2D eigenvalue weighted by molar-refractivity contribution is 8.13. The van der Waals surface area contributed by atoms with Gasteiger partial charge in [0.1, 0.15) is 5.82 Å². The molecular formula is C11H9N3OS. The van der Waals surface area contributed by atoms with E-state index in [1.165, 1.54) is 6.92 Å². The monoisotopic (exact) mass is 231 g/mol. The lowest BCUT2D eigenvalue weighted by molar-refractivity contribution is -0.115. The van der Waals surface area contributed by atoms with Crippen LogP contribution in [0.3, 0.4) is 0 Å². The number of aromatic nitrogens is 2. The second kappa shape index (κ2) is 3.45. The first-order valence-electron chi connectivity index (χ1n) is 4.94. The van der Waals surface area contributed by atoms with Crippen LogP contribution in [-0.2, 0) is 10.5 Å². The fourth-order valence-electron chi connectivity index (χ4n) is 1.80. The van der Waals surface area contributed by atoms with Gasteiger partial charge in [-0.1, -0.05) is 23.9 Å². The summed E-state index contributed by atoms with van der Waals surface area (Å²) in [6.07, 6.45) is 0. The predicted molar refractivity (Wildman–Crippen MR) is 64.5 cm³/mol. The largest absolute Gasteiger partial charge is 0.274 e. The third-order valence-corrected chi connectivity index (χ3v) is 3.34. The van der Waals surface area contributed by atoms with Crippen molar-refractivity contribution in [3.8, 4) is 0 Å². The molecule has 2 aromatic rings. The lowest BCUT2D eigenvalue weighted by Crippen LogP contribution is -2.05. The van der Waals surface area contributed by atoms with Crippen molar-refractivity contribution in [2.75, 3.05) is 0 Å². The van der Waals surface area contributed by atoms with Crippen molar-refractivity contribution in [1.82, 2.24) is 9.55 Å². The highest BCUT2D eigenvalue weighted by Gasteiger charge is 2.22. The molecule has 2 heterocycles. The summed E-state index contributed by atoms with van der Waals surface area (Å²) in [6, 6.07) is 7.88. The number of amides is 1. The number of hydrogen-bond acceptors (Lipinski definition) is 3. The van der Waals surface area contributed by atoms with Gasteiger partial charge in [0.2, 0.25) is 5.91 Å². The fourth-order valence-corrected chi connectivity index (χ4v) is 2.77. The van der Waals surface area contributed by atoms with Crippen molar-refractivity contribution in [1.29, 1.82) is 0 Å². The molecule has 0 bridgehead atoms. The number of benzene rings is 1. The van der Waals surface area contributed by atoms with Gasteiger partial charge >= 0.3 is 0 Å². The average molecular weight is 231 g/mol. The quantitative estimate of drug-likeness (QED) is 0.697. The van der Waals surface area contributed by atoms with E-state index in [2.05, 4.69) is 9.98 Å². The molecule has 1 aliphatic rings. The zero-order valence-corrected chi connectivity index (χ0v) is 9.49. The molecule has 0 saturated heterocycles. The molecule has 0 saturated carbocycles. The molecule has 0 spiro atoms. The molecule has 4 nitrogen and oxygen atoms in total. The van der Waals surface area contributed by atoms with Crippen LogP contribution in [0.5, 0.6) is 0 Å². The maximum absolute atomic E-state index is 11.0. The smallest absolute Gasteiger partial charge is 0.244 e. The molecule has 0 radical (unpaired) electrons. The van der Waals surface area contributed by atoms with Crippen molar-refractivity contribution in [3.05, 3.63) is 30.1 Å². The van der Waals surface area contributed by atoms with Crippen LogP contribution in [0.4, 0.5) is 0 Å². The Bertz CT molecular complexity index is 615. The summed E-state index contributed by atoms with van der Waals surface area (Å²) in [5.41, 5.74) is 1.97. The van der Waals surface area contributed by atoms with Crippen molar-refractivity contribution >= 4 is 33.9 Å². The van der Waals surface area contributed by atoms with Crippen LogP contribution in [0, 0.1) is 0 Å². The number of imidazole rings is 1. The van der Waals surface area contributed by atoms with Crippen molar-refractivity contribution < 1.29 is 4.79 Å². The van der Waals surface area contributed by atoms with Crippen LogP contribution in [-0.4, -0.2) is 20.6 Å². The van der Waals surface area contributed by atoms with Gasteiger partial charge in [-0.05, 0) is 12.1 Å². The van der Waals surface area contributed by atoms with Crippen LogP contribution in [0.2, 0.25) is 0 Å². The van der Waals surface area contributed by atoms with Crippen LogP contribution in [0.15, 0.2) is 29.3 Å². The fraction of sp³-hybridized carbons (Fsp3) is 0.182. The molecule has 0 N–H and O–H groups in total. The SMILES string of the molecule is CC(=O)N=C1SCc2nc3ccccc3n21. The van der Waals surface area contributed by atoms with Crippen LogP contribution in [0.1, 0.15) is 12.7 Å². The average Bonchev–Trinajstić information content (AvgIpc) is 2.77. The summed E-state index contributed by atoms with van der Waals surface area (Å²) in [5, 5.41) is 0.733. The number of para-hydroxylation sites is 2. The molecule has 1 aromatic heterocycles. The number of carbonyl (C=O) groups excluding carboxylic acids is 1. The van der Waals surface area contributed by atoms with E-state index in [0.29, 0.717) is 0 Å². The zero-order chi connectivity index (χ0) is 11.1. The summed E-state index contributed by atoms with van der Waals surface area (Å²) in [4.78, 5) is 19.5. The predicted octanol–water partition coefficient (Wildman–Crippen LogP) is 2.03. The molecule has 16 heavy (non-hydrogen) atoms. The Morgan fingerprint density at radius 2 is 2.31 bits per heavy atom. The minimum atomic E-state index is -0.173. The Balaban J connectivity index is 2.27. The van der Waals surface area contributed by atoms with E-state index >= 15 is 0 Å². The van der Waals surface area contributed by atoms with Crippen molar-refractivity contribution in [3.63, 3.8) is 0 Å². The summed E-state index contributed by atoms with van der Waals surface area (Å²) >= 11 is 1.55. The number of rotatable bonds is 0. The van der Waals surface area contributed by atoms with E-state index in [9.17, 15) is 4.79 Å². The lowest BCUT2D eigenvalue weighted by Gasteiger charge is -1.99. The molecule has 0 unspecified atom stereocenters. The van der Waals surface area contributed by atoms with Crippen LogP contribution in [0.25, 0.3) is 11.0 Å². The van der Waals surface area contributed by atoms with E-state index in [-0.39, 0.29) is 5.91 Å². The third-order valence-electron chi connectivity index (χ3n) is 2.41. The standard InChI is InChI=1S/C11H9N3OS/c1-7(15)12-11-14-9-5-3-2-4-8(9)13-10(14)6-16-11/h2-5H,6H2,1H3. The molecule has 1 aliphatic heterocycles. The summed E-state index contributed by atoms with van der Waals surface area (Å²) in [5.74, 6) is 1.57. The molecule has 1 amide bonds. The van der Waals surface area contributed by atoms with Crippen LogP contribution < -0.4 is 0 Å². The number of carbonyl (C=O) groups is 1. The Hall–Kier alpha value is -1.62. The summed E-state index contributed by atoms with van der Waals surface area (Å²) in [7, 11) is 0. The van der Waals surface area contributed by atoms with Gasteiger partial charge in [-0.15, -0.1) is 0 Å². The number of nitrogens with zero attached hydrogens (tertiary/aromatic N) is 3. The van der Waals surface area contributed by atoms with Gasteiger partial charge in [0, 0.05) is 6.92 Å². The second-order valence-corrected chi connectivity index (χ2v) is 4.50. The number of hydrogen-bond donors (Lipinski definition) is 0. The minimum Gasteiger partial charge on any atom is -0.274 e. The topological polar surface area (TPSA) is 47.2 Å². The Morgan fingerprint density at radius 1 is 1.50 bits per heavy atom. The molecule has 3 rings (SSSR count). The van der Waals surface area contributed by atoms with E-state index in [1.54, 1.807) is 11.8 Å². The van der Waals surface area contributed by atoms with Gasteiger partial charge < -0.3 is 0 Å². The van der Waals surface area contributed by atoms with Gasteiger partial charge in [0.25, 0.3) is 0 Å². The van der Waals surface area contributed by atoms with E-state index in [4.69, 9.17) is 0 Å². The maximum atomic E-state index is 11.0. The van der Waals surface area contributed by atoms with Gasteiger partial charge in [-0.25, -0.2) is 4.98 Å². The summed E-state index contributed by atoms with van der Waals surface area (Å²) < 4.78 is 1.96. The lowest BCUT2D eigenvalue weighted by atomic mass is 10.3. The highest BCUT2D eigenvalue weighted by Crippen LogP contribution is 2.29. The molecule has 0 aliphatic carbocycles. The molecule has 5 heteroatoms. The molecule has 0 atom stereocenters. The first-order chi connectivity index (χ1) is 7.75. The number of aliphatic imine (C=N–C) groups is 1. The van der Waals surface area contributed by atoms with Gasteiger partial charge in [0.05, 0.1) is 16.8 Å².